The Morgan fingerprint density at radius 2 is 2.04 bits per heavy atom. The van der Waals surface area contributed by atoms with E-state index in [1.54, 1.807) is 16.8 Å². The number of aromatic hydroxyl groups is 1. The Hall–Kier alpha value is -1.84. The topological polar surface area (TPSA) is 81.9 Å². The van der Waals surface area contributed by atoms with Crippen LogP contribution in [0.25, 0.3) is 11.3 Å². The number of thioether (sulfide) groups is 1. The molecule has 132 valence electrons. The minimum absolute atomic E-state index is 0.155. The van der Waals surface area contributed by atoms with Crippen molar-refractivity contribution in [3.05, 3.63) is 61.3 Å². The maximum Gasteiger partial charge on any atom is 0.325 e. The lowest BCUT2D eigenvalue weighted by atomic mass is 10.0. The Labute approximate surface area is 169 Å². The van der Waals surface area contributed by atoms with Gasteiger partial charge in [0.15, 0.2) is 0 Å². The van der Waals surface area contributed by atoms with Gasteiger partial charge in [-0.05, 0) is 63.3 Å². The van der Waals surface area contributed by atoms with Crippen LogP contribution in [0, 0.1) is 0 Å². The molecule has 2 heterocycles. The van der Waals surface area contributed by atoms with Crippen molar-refractivity contribution in [2.45, 2.75) is 11.3 Å². The predicted octanol–water partition coefficient (Wildman–Crippen LogP) is 3.65. The summed E-state index contributed by atoms with van der Waals surface area (Å²) in [7, 11) is 0. The van der Waals surface area contributed by atoms with Gasteiger partial charge in [-0.3, -0.25) is 9.78 Å². The Balaban J connectivity index is 1.99. The van der Waals surface area contributed by atoms with Gasteiger partial charge in [0.05, 0.1) is 15.7 Å². The minimum Gasteiger partial charge on any atom is -0.507 e. The number of rotatable bonds is 2. The molecule has 4 rings (SSSR count). The van der Waals surface area contributed by atoms with E-state index in [1.807, 2.05) is 30.5 Å². The van der Waals surface area contributed by atoms with Crippen molar-refractivity contribution in [1.29, 1.82) is 0 Å². The molecule has 1 atom stereocenters. The summed E-state index contributed by atoms with van der Waals surface area (Å²) in [5.41, 5.74) is 2.75. The zero-order valence-corrected chi connectivity index (χ0v) is 17.4. The van der Waals surface area contributed by atoms with Crippen LogP contribution in [0.5, 0.6) is 5.75 Å². The third-order valence-corrected chi connectivity index (χ3v) is 5.82. The molecule has 2 aromatic carbocycles. The van der Waals surface area contributed by atoms with Gasteiger partial charge >= 0.3 is 11.3 Å². The maximum absolute atomic E-state index is 12.8. The number of hydrogen-bond donors (Lipinski definition) is 3. The monoisotopic (exact) mass is 495 g/mol. The number of phenols is 1. The molecular weight excluding hydrogens is 484 g/mol. The summed E-state index contributed by atoms with van der Waals surface area (Å²) >= 11 is 8.18. The molecule has 1 aliphatic rings. The van der Waals surface area contributed by atoms with Gasteiger partial charge in [0.1, 0.15) is 5.75 Å². The fourth-order valence-electron chi connectivity index (χ4n) is 2.92. The summed E-state index contributed by atoms with van der Waals surface area (Å²) in [6.07, 6.45) is 1.47. The van der Waals surface area contributed by atoms with Gasteiger partial charge in [0.2, 0.25) is 5.16 Å². The number of H-pyrrole nitrogens is 1. The van der Waals surface area contributed by atoms with Crippen molar-refractivity contribution in [2.24, 2.45) is 0 Å². The van der Waals surface area contributed by atoms with Gasteiger partial charge in [0.25, 0.3) is 6.17 Å². The number of nitrogens with one attached hydrogen (secondary N) is 2. The van der Waals surface area contributed by atoms with Crippen molar-refractivity contribution in [3.8, 4) is 17.0 Å². The molecule has 0 saturated heterocycles. The van der Waals surface area contributed by atoms with E-state index in [0.29, 0.717) is 15.3 Å². The largest absolute Gasteiger partial charge is 0.507 e. The number of hydrogen-bond acceptors (Lipinski definition) is 5. The number of aromatic amines is 1. The van der Waals surface area contributed by atoms with Crippen LogP contribution in [0.4, 0.5) is 5.69 Å². The van der Waals surface area contributed by atoms with Gasteiger partial charge in [-0.25, -0.2) is 0 Å². The number of phenolic OH excluding ortho intramolecular Hbond substituents is 1. The van der Waals surface area contributed by atoms with E-state index < -0.39 is 0 Å². The Bertz CT molecular complexity index is 1090. The summed E-state index contributed by atoms with van der Waals surface area (Å²) < 4.78 is 3.15. The van der Waals surface area contributed by atoms with Crippen LogP contribution >= 0.6 is 43.6 Å². The van der Waals surface area contributed by atoms with Crippen molar-refractivity contribution in [2.75, 3.05) is 11.6 Å². The molecule has 3 N–H and O–H groups in total. The quantitative estimate of drug-likeness (QED) is 0.372. The summed E-state index contributed by atoms with van der Waals surface area (Å²) in [6, 6.07) is 11.0. The highest BCUT2D eigenvalue weighted by Crippen LogP contribution is 2.35. The molecule has 0 bridgehead atoms. The number of benzene rings is 2. The smallest absolute Gasteiger partial charge is 0.325 e. The molecule has 0 saturated carbocycles. The zero-order chi connectivity index (χ0) is 18.4. The molecule has 0 spiro atoms. The van der Waals surface area contributed by atoms with Gasteiger partial charge in [-0.2, -0.15) is 0 Å². The van der Waals surface area contributed by atoms with E-state index in [-0.39, 0.29) is 17.5 Å². The highest BCUT2D eigenvalue weighted by Gasteiger charge is 2.38. The molecule has 26 heavy (non-hydrogen) atoms. The normalized spacial score (nSPS) is 15.1. The van der Waals surface area contributed by atoms with E-state index in [4.69, 9.17) is 0 Å². The number of nitrogens with zero attached hydrogens (tertiary/aromatic N) is 2. The molecular formula is C17H13Br2N4O2S+. The molecule has 0 radical (unpaired) electrons. The molecule has 0 fully saturated rings. The van der Waals surface area contributed by atoms with Crippen LogP contribution in [0.2, 0.25) is 0 Å². The fourth-order valence-corrected chi connectivity index (χ4v) is 4.04. The first kappa shape index (κ1) is 17.6. The highest BCUT2D eigenvalue weighted by atomic mass is 79.9. The molecule has 1 aliphatic heterocycles. The third-order valence-electron chi connectivity index (χ3n) is 4.12. The first-order valence-corrected chi connectivity index (χ1v) is 10.4. The highest BCUT2D eigenvalue weighted by molar-refractivity contribution is 9.10. The second kappa shape index (κ2) is 6.71. The third kappa shape index (κ3) is 2.93. The maximum atomic E-state index is 12.8. The number of fused-ring (bicyclic) bond motifs is 3. The van der Waals surface area contributed by atoms with Crippen molar-refractivity contribution >= 4 is 49.3 Å². The molecule has 0 amide bonds. The first-order valence-electron chi connectivity index (χ1n) is 7.63. The lowest BCUT2D eigenvalue weighted by Crippen LogP contribution is -2.55. The second-order valence-corrected chi connectivity index (χ2v) is 8.27. The van der Waals surface area contributed by atoms with Crippen LogP contribution < -0.4 is 15.6 Å². The van der Waals surface area contributed by atoms with E-state index in [1.165, 1.54) is 11.8 Å². The molecule has 1 aromatic heterocycles. The second-order valence-electron chi connectivity index (χ2n) is 5.70. The Morgan fingerprint density at radius 1 is 1.23 bits per heavy atom. The van der Waals surface area contributed by atoms with Crippen molar-refractivity contribution in [3.63, 3.8) is 0 Å². The minimum atomic E-state index is -0.385. The predicted molar refractivity (Wildman–Crippen MR) is 108 cm³/mol. The fraction of sp³-hybridized carbons (Fsp3) is 0.118. The molecule has 9 heteroatoms. The summed E-state index contributed by atoms with van der Waals surface area (Å²) in [4.78, 5) is 15.6. The lowest BCUT2D eigenvalue weighted by molar-refractivity contribution is -0.759. The summed E-state index contributed by atoms with van der Waals surface area (Å²) in [6.45, 7) is 0. The van der Waals surface area contributed by atoms with Crippen LogP contribution in [-0.4, -0.2) is 21.4 Å². The summed E-state index contributed by atoms with van der Waals surface area (Å²) in [5.74, 6) is 0.155. The van der Waals surface area contributed by atoms with Gasteiger partial charge in [-0.15, -0.1) is 0 Å². The molecule has 3 aromatic rings. The number of halogens is 2. The molecule has 6 nitrogen and oxygen atoms in total. The van der Waals surface area contributed by atoms with E-state index in [0.717, 1.165) is 21.3 Å². The average Bonchev–Trinajstić information content (AvgIpc) is 2.63. The Kier molecular flexibility index (Phi) is 4.54. The number of anilines is 1. The SMILES string of the molecule is CSc1n[n+]2c(c(=O)[nH]1)-c1cc(Br)ccc1N[C@@H]2c1ccc(O)c(Br)c1. The van der Waals surface area contributed by atoms with E-state index in [2.05, 4.69) is 47.3 Å². The van der Waals surface area contributed by atoms with Crippen LogP contribution in [0.15, 0.2) is 55.3 Å². The van der Waals surface area contributed by atoms with Crippen LogP contribution in [0.3, 0.4) is 0 Å². The van der Waals surface area contributed by atoms with Gasteiger partial charge in [-0.1, -0.05) is 27.7 Å². The van der Waals surface area contributed by atoms with E-state index in [9.17, 15) is 9.90 Å². The van der Waals surface area contributed by atoms with Crippen molar-refractivity contribution in [1.82, 2.24) is 10.1 Å². The van der Waals surface area contributed by atoms with Crippen LogP contribution in [-0.2, 0) is 0 Å². The standard InChI is InChI=1S/C17H12Br2N4O2S/c1-26-17-21-16(25)14-10-7-9(18)3-4-12(10)20-15(23(14)22-17)8-2-5-13(24)11(19)6-8/h2-7,15H,1H3,(H2,21,22,24,25)/p+1/t15-/m0/s1. The number of aromatic nitrogens is 3. The average molecular weight is 497 g/mol. The Morgan fingerprint density at radius 3 is 2.77 bits per heavy atom. The van der Waals surface area contributed by atoms with Gasteiger partial charge in [0, 0.05) is 15.1 Å². The zero-order valence-electron chi connectivity index (χ0n) is 13.5. The van der Waals surface area contributed by atoms with Crippen LogP contribution in [0.1, 0.15) is 11.7 Å². The first-order chi connectivity index (χ1) is 12.5. The molecule has 0 aliphatic carbocycles. The van der Waals surface area contributed by atoms with Crippen molar-refractivity contribution < 1.29 is 9.79 Å². The van der Waals surface area contributed by atoms with Gasteiger partial charge < -0.3 is 10.4 Å². The lowest BCUT2D eigenvalue weighted by Gasteiger charge is -2.22. The summed E-state index contributed by atoms with van der Waals surface area (Å²) in [5, 5.41) is 18.4. The van der Waals surface area contributed by atoms with E-state index >= 15 is 0 Å². The molecule has 0 unspecified atom stereocenters.